The van der Waals surface area contributed by atoms with E-state index in [-0.39, 0.29) is 17.3 Å². The van der Waals surface area contributed by atoms with Gasteiger partial charge in [0.2, 0.25) is 5.91 Å². The zero-order valence-electron chi connectivity index (χ0n) is 11.9. The number of hydrogen-bond acceptors (Lipinski definition) is 5. The Morgan fingerprint density at radius 2 is 2.19 bits per heavy atom. The Labute approximate surface area is 127 Å². The van der Waals surface area contributed by atoms with E-state index in [1.807, 2.05) is 0 Å². The number of nitrogens with one attached hydrogen (secondary N) is 2. The van der Waals surface area contributed by atoms with Crippen LogP contribution in [0, 0.1) is 17.0 Å². The maximum atomic E-state index is 11.9. The molecule has 0 atom stereocenters. The van der Waals surface area contributed by atoms with Gasteiger partial charge in [-0.05, 0) is 44.5 Å². The van der Waals surface area contributed by atoms with Crippen LogP contribution in [-0.4, -0.2) is 34.9 Å². The predicted molar refractivity (Wildman–Crippen MR) is 84.8 cm³/mol. The Bertz CT molecular complexity index is 530. The molecule has 0 bridgehead atoms. The molecule has 2 rings (SSSR count). The van der Waals surface area contributed by atoms with Gasteiger partial charge in [0.05, 0.1) is 10.7 Å². The molecule has 114 valence electrons. The van der Waals surface area contributed by atoms with Crippen molar-refractivity contribution in [3.63, 3.8) is 0 Å². The van der Waals surface area contributed by atoms with E-state index in [0.717, 1.165) is 31.5 Å². The summed E-state index contributed by atoms with van der Waals surface area (Å²) in [4.78, 5) is 22.5. The highest BCUT2D eigenvalue weighted by molar-refractivity contribution is 8.00. The SMILES string of the molecule is Cc1ccc(NC(=O)CSC2CCNCC2)c([N+](=O)[O-])c1. The smallest absolute Gasteiger partial charge is 0.293 e. The van der Waals surface area contributed by atoms with Crippen LogP contribution in [0.25, 0.3) is 0 Å². The first-order valence-electron chi connectivity index (χ1n) is 6.93. The molecule has 6 nitrogen and oxygen atoms in total. The molecule has 0 aliphatic carbocycles. The van der Waals surface area contributed by atoms with Gasteiger partial charge < -0.3 is 10.6 Å². The minimum absolute atomic E-state index is 0.0600. The summed E-state index contributed by atoms with van der Waals surface area (Å²) in [5.74, 6) is 0.140. The zero-order valence-corrected chi connectivity index (χ0v) is 12.7. The average Bonchev–Trinajstić information content (AvgIpc) is 2.48. The number of anilines is 1. The quantitative estimate of drug-likeness (QED) is 0.644. The Kier molecular flexibility index (Phi) is 5.58. The van der Waals surface area contributed by atoms with Gasteiger partial charge in [0.1, 0.15) is 5.69 Å². The van der Waals surface area contributed by atoms with E-state index < -0.39 is 4.92 Å². The largest absolute Gasteiger partial charge is 0.320 e. The number of carbonyl (C=O) groups is 1. The summed E-state index contributed by atoms with van der Waals surface area (Å²) < 4.78 is 0. The Balaban J connectivity index is 1.91. The molecule has 1 aromatic carbocycles. The van der Waals surface area contributed by atoms with E-state index >= 15 is 0 Å². The van der Waals surface area contributed by atoms with Crippen molar-refractivity contribution < 1.29 is 9.72 Å². The standard InChI is InChI=1S/C14H19N3O3S/c1-10-2-3-12(13(8-10)17(19)20)16-14(18)9-21-11-4-6-15-7-5-11/h2-3,8,11,15H,4-7,9H2,1H3,(H,16,18). The van der Waals surface area contributed by atoms with E-state index in [2.05, 4.69) is 10.6 Å². The van der Waals surface area contributed by atoms with E-state index in [0.29, 0.717) is 11.0 Å². The van der Waals surface area contributed by atoms with Crippen LogP contribution in [-0.2, 0) is 4.79 Å². The van der Waals surface area contributed by atoms with Crippen LogP contribution in [0.5, 0.6) is 0 Å². The molecule has 0 aromatic heterocycles. The minimum Gasteiger partial charge on any atom is -0.320 e. The van der Waals surface area contributed by atoms with Crippen LogP contribution < -0.4 is 10.6 Å². The van der Waals surface area contributed by atoms with Crippen molar-refractivity contribution in [2.45, 2.75) is 25.0 Å². The number of nitro groups is 1. The van der Waals surface area contributed by atoms with Gasteiger partial charge in [-0.25, -0.2) is 0 Å². The molecule has 0 spiro atoms. The second kappa shape index (κ2) is 7.42. The minimum atomic E-state index is -0.470. The summed E-state index contributed by atoms with van der Waals surface area (Å²) in [5.41, 5.74) is 1.00. The first-order valence-corrected chi connectivity index (χ1v) is 7.98. The fourth-order valence-corrected chi connectivity index (χ4v) is 3.27. The van der Waals surface area contributed by atoms with Crippen molar-refractivity contribution >= 4 is 29.0 Å². The van der Waals surface area contributed by atoms with Gasteiger partial charge in [-0.3, -0.25) is 14.9 Å². The fourth-order valence-electron chi connectivity index (χ4n) is 2.24. The van der Waals surface area contributed by atoms with Crippen LogP contribution in [0.15, 0.2) is 18.2 Å². The average molecular weight is 309 g/mol. The third kappa shape index (κ3) is 4.71. The number of hydrogen-bond donors (Lipinski definition) is 2. The Morgan fingerprint density at radius 3 is 2.86 bits per heavy atom. The summed E-state index contributed by atoms with van der Waals surface area (Å²) in [6.07, 6.45) is 2.12. The molecule has 1 fully saturated rings. The zero-order chi connectivity index (χ0) is 15.2. The maximum absolute atomic E-state index is 11.9. The second-order valence-corrected chi connectivity index (χ2v) is 6.37. The molecular weight excluding hydrogens is 290 g/mol. The van der Waals surface area contributed by atoms with Gasteiger partial charge in [0, 0.05) is 11.3 Å². The number of rotatable bonds is 5. The van der Waals surface area contributed by atoms with Gasteiger partial charge >= 0.3 is 0 Å². The number of carbonyl (C=O) groups excluding carboxylic acids is 1. The Hall–Kier alpha value is -1.60. The highest BCUT2D eigenvalue weighted by Gasteiger charge is 2.18. The number of nitro benzene ring substituents is 1. The summed E-state index contributed by atoms with van der Waals surface area (Å²) >= 11 is 1.62. The van der Waals surface area contributed by atoms with Crippen molar-refractivity contribution in [2.24, 2.45) is 0 Å². The number of aryl methyl sites for hydroxylation is 1. The highest BCUT2D eigenvalue weighted by atomic mass is 32.2. The lowest BCUT2D eigenvalue weighted by Crippen LogP contribution is -2.30. The molecule has 1 saturated heterocycles. The van der Waals surface area contributed by atoms with Crippen molar-refractivity contribution in [3.05, 3.63) is 33.9 Å². The molecule has 1 aromatic rings. The van der Waals surface area contributed by atoms with Crippen LogP contribution in [0.3, 0.4) is 0 Å². The monoisotopic (exact) mass is 309 g/mol. The highest BCUT2D eigenvalue weighted by Crippen LogP contribution is 2.26. The van der Waals surface area contributed by atoms with E-state index in [1.165, 1.54) is 6.07 Å². The third-order valence-corrected chi connectivity index (χ3v) is 4.73. The molecular formula is C14H19N3O3S. The molecule has 0 saturated carbocycles. The van der Waals surface area contributed by atoms with Gasteiger partial charge in [-0.2, -0.15) is 0 Å². The maximum Gasteiger partial charge on any atom is 0.293 e. The summed E-state index contributed by atoms with van der Waals surface area (Å²) in [6, 6.07) is 4.80. The number of piperidine rings is 1. The van der Waals surface area contributed by atoms with Gasteiger partial charge in [-0.15, -0.1) is 11.8 Å². The summed E-state index contributed by atoms with van der Waals surface area (Å²) in [5, 5.41) is 17.4. The third-order valence-electron chi connectivity index (χ3n) is 3.36. The second-order valence-electron chi connectivity index (χ2n) is 5.09. The van der Waals surface area contributed by atoms with Crippen molar-refractivity contribution in [3.8, 4) is 0 Å². The number of thioether (sulfide) groups is 1. The molecule has 1 heterocycles. The molecule has 1 aliphatic heterocycles. The first kappa shape index (κ1) is 15.8. The van der Waals surface area contributed by atoms with Crippen LogP contribution in [0.4, 0.5) is 11.4 Å². The van der Waals surface area contributed by atoms with Crippen LogP contribution >= 0.6 is 11.8 Å². The Morgan fingerprint density at radius 1 is 1.48 bits per heavy atom. The lowest BCUT2D eigenvalue weighted by atomic mass is 10.2. The van der Waals surface area contributed by atoms with Crippen molar-refractivity contribution in [1.82, 2.24) is 5.32 Å². The molecule has 0 unspecified atom stereocenters. The molecule has 21 heavy (non-hydrogen) atoms. The topological polar surface area (TPSA) is 84.3 Å². The normalized spacial score (nSPS) is 15.7. The number of amides is 1. The van der Waals surface area contributed by atoms with Gasteiger partial charge in [0.15, 0.2) is 0 Å². The van der Waals surface area contributed by atoms with Gasteiger partial charge in [-0.1, -0.05) is 6.07 Å². The molecule has 1 amide bonds. The lowest BCUT2D eigenvalue weighted by Gasteiger charge is -2.21. The van der Waals surface area contributed by atoms with Gasteiger partial charge in [0.25, 0.3) is 5.69 Å². The molecule has 2 N–H and O–H groups in total. The van der Waals surface area contributed by atoms with E-state index in [9.17, 15) is 14.9 Å². The van der Waals surface area contributed by atoms with Crippen LogP contribution in [0.2, 0.25) is 0 Å². The lowest BCUT2D eigenvalue weighted by molar-refractivity contribution is -0.384. The molecule has 0 radical (unpaired) electrons. The van der Waals surface area contributed by atoms with Crippen molar-refractivity contribution in [2.75, 3.05) is 24.2 Å². The molecule has 1 aliphatic rings. The number of benzene rings is 1. The predicted octanol–water partition coefficient (Wildman–Crippen LogP) is 2.33. The van der Waals surface area contributed by atoms with Crippen LogP contribution in [0.1, 0.15) is 18.4 Å². The van der Waals surface area contributed by atoms with E-state index in [1.54, 1.807) is 30.8 Å². The summed E-state index contributed by atoms with van der Waals surface area (Å²) in [7, 11) is 0. The van der Waals surface area contributed by atoms with Crippen molar-refractivity contribution in [1.29, 1.82) is 0 Å². The first-order chi connectivity index (χ1) is 10.1. The fraction of sp³-hybridized carbons (Fsp3) is 0.500. The van der Waals surface area contributed by atoms with E-state index in [4.69, 9.17) is 0 Å². The summed E-state index contributed by atoms with van der Waals surface area (Å²) in [6.45, 7) is 3.76. The number of nitrogens with zero attached hydrogens (tertiary/aromatic N) is 1. The molecule has 7 heteroatoms.